The third-order valence-electron chi connectivity index (χ3n) is 1.81. The second-order valence-corrected chi connectivity index (χ2v) is 2.96. The lowest BCUT2D eigenvalue weighted by Gasteiger charge is -2.06. The number of nitrogens with two attached hydrogens (primary N) is 2. The van der Waals surface area contributed by atoms with E-state index in [9.17, 15) is 9.59 Å². The molecule has 0 aliphatic heterocycles. The van der Waals surface area contributed by atoms with Crippen LogP contribution in [0.1, 0.15) is 16.3 Å². The summed E-state index contributed by atoms with van der Waals surface area (Å²) in [5, 5.41) is 0. The molecule has 1 rings (SSSR count). The molecule has 82 valence electrons. The summed E-state index contributed by atoms with van der Waals surface area (Å²) in [5.74, 6) is -1.14. The number of aromatic amines is 1. The first-order valence-corrected chi connectivity index (χ1v) is 4.21. The lowest BCUT2D eigenvalue weighted by molar-refractivity contribution is -0.142. The summed E-state index contributed by atoms with van der Waals surface area (Å²) in [6.45, 7) is 0. The third-order valence-corrected chi connectivity index (χ3v) is 1.81. The lowest BCUT2D eigenvalue weighted by atomic mass is 10.2. The Morgan fingerprint density at radius 3 is 2.80 bits per heavy atom. The number of hydrogen-bond acceptors (Lipinski definition) is 5. The van der Waals surface area contributed by atoms with Gasteiger partial charge in [-0.05, 0) is 0 Å². The van der Waals surface area contributed by atoms with Crippen LogP contribution < -0.4 is 11.5 Å². The van der Waals surface area contributed by atoms with E-state index in [1.54, 1.807) is 0 Å². The summed E-state index contributed by atoms with van der Waals surface area (Å²) < 4.78 is 4.45. The molecule has 1 amide bonds. The zero-order valence-corrected chi connectivity index (χ0v) is 8.19. The molecular formula is C8H12N4O3. The quantitative estimate of drug-likeness (QED) is 0.527. The molecule has 0 saturated carbocycles. The van der Waals surface area contributed by atoms with Crippen molar-refractivity contribution >= 4 is 11.9 Å². The molecule has 1 heterocycles. The number of H-pyrrole nitrogens is 1. The van der Waals surface area contributed by atoms with Crippen LogP contribution in [0.2, 0.25) is 0 Å². The van der Waals surface area contributed by atoms with E-state index in [1.807, 2.05) is 0 Å². The largest absolute Gasteiger partial charge is 0.468 e. The molecule has 5 N–H and O–H groups in total. The van der Waals surface area contributed by atoms with Crippen molar-refractivity contribution in [3.05, 3.63) is 17.7 Å². The van der Waals surface area contributed by atoms with Gasteiger partial charge >= 0.3 is 5.97 Å². The Bertz CT molecular complexity index is 374. The van der Waals surface area contributed by atoms with E-state index >= 15 is 0 Å². The molecule has 7 heteroatoms. The fraction of sp³-hybridized carbons (Fsp3) is 0.375. The first-order chi connectivity index (χ1) is 7.04. The number of esters is 1. The van der Waals surface area contributed by atoms with Gasteiger partial charge in [0.05, 0.1) is 7.11 Å². The highest BCUT2D eigenvalue weighted by molar-refractivity contribution is 5.88. The van der Waals surface area contributed by atoms with Gasteiger partial charge in [-0.25, -0.2) is 4.98 Å². The number of nitrogens with zero attached hydrogens (tertiary/aromatic N) is 1. The average Bonchev–Trinajstić information content (AvgIpc) is 2.65. The number of nitrogens with one attached hydrogen (secondary N) is 1. The fourth-order valence-electron chi connectivity index (χ4n) is 1.06. The molecule has 0 fully saturated rings. The van der Waals surface area contributed by atoms with Crippen LogP contribution in [0.15, 0.2) is 6.20 Å². The van der Waals surface area contributed by atoms with Crippen molar-refractivity contribution in [1.82, 2.24) is 9.97 Å². The maximum atomic E-state index is 11.0. The van der Waals surface area contributed by atoms with Crippen LogP contribution in [0, 0.1) is 0 Å². The highest BCUT2D eigenvalue weighted by atomic mass is 16.5. The molecule has 0 aliphatic rings. The molecule has 0 aliphatic carbocycles. The molecule has 1 aromatic rings. The lowest BCUT2D eigenvalue weighted by Crippen LogP contribution is -2.33. The number of carbonyl (C=O) groups excluding carboxylic acids is 2. The van der Waals surface area contributed by atoms with Crippen molar-refractivity contribution in [2.24, 2.45) is 11.5 Å². The Morgan fingerprint density at radius 2 is 2.33 bits per heavy atom. The molecule has 1 atom stereocenters. The molecule has 0 unspecified atom stereocenters. The minimum absolute atomic E-state index is 0.0436. The van der Waals surface area contributed by atoms with E-state index in [-0.39, 0.29) is 12.2 Å². The first-order valence-electron chi connectivity index (χ1n) is 4.21. The minimum atomic E-state index is -0.781. The van der Waals surface area contributed by atoms with Gasteiger partial charge in [0.1, 0.15) is 6.04 Å². The van der Waals surface area contributed by atoms with Crippen molar-refractivity contribution in [1.29, 1.82) is 0 Å². The average molecular weight is 212 g/mol. The normalized spacial score (nSPS) is 12.1. The molecule has 0 bridgehead atoms. The van der Waals surface area contributed by atoms with Gasteiger partial charge in [-0.2, -0.15) is 0 Å². The van der Waals surface area contributed by atoms with Crippen LogP contribution >= 0.6 is 0 Å². The van der Waals surface area contributed by atoms with Gasteiger partial charge in [-0.3, -0.25) is 9.59 Å². The number of hydrogen-bond donors (Lipinski definition) is 3. The maximum Gasteiger partial charge on any atom is 0.323 e. The Kier molecular flexibility index (Phi) is 3.40. The molecule has 0 aromatic carbocycles. The van der Waals surface area contributed by atoms with Gasteiger partial charge in [-0.1, -0.05) is 0 Å². The zero-order chi connectivity index (χ0) is 11.4. The summed E-state index contributed by atoms with van der Waals surface area (Å²) in [7, 11) is 1.25. The summed E-state index contributed by atoms with van der Waals surface area (Å²) >= 11 is 0. The zero-order valence-electron chi connectivity index (χ0n) is 8.19. The van der Waals surface area contributed by atoms with E-state index in [1.165, 1.54) is 13.3 Å². The topological polar surface area (TPSA) is 124 Å². The van der Waals surface area contributed by atoms with Gasteiger partial charge < -0.3 is 21.2 Å². The SMILES string of the molecule is COC(=O)[C@@H](N)Cc1cnc(C(N)=O)[nH]1. The molecule has 0 spiro atoms. The Morgan fingerprint density at radius 1 is 1.67 bits per heavy atom. The number of ether oxygens (including phenoxy) is 1. The van der Waals surface area contributed by atoms with Crippen LogP contribution in [0.3, 0.4) is 0 Å². The summed E-state index contributed by atoms with van der Waals surface area (Å²) in [5.41, 5.74) is 11.1. The van der Waals surface area contributed by atoms with Crippen molar-refractivity contribution in [3.63, 3.8) is 0 Å². The Hall–Kier alpha value is -1.89. The smallest absolute Gasteiger partial charge is 0.323 e. The van der Waals surface area contributed by atoms with Gasteiger partial charge in [-0.15, -0.1) is 0 Å². The number of primary amides is 1. The van der Waals surface area contributed by atoms with E-state index < -0.39 is 17.9 Å². The number of amides is 1. The van der Waals surface area contributed by atoms with Crippen LogP contribution in [0.5, 0.6) is 0 Å². The highest BCUT2D eigenvalue weighted by Crippen LogP contribution is 2.00. The molecule has 1 aromatic heterocycles. The van der Waals surface area contributed by atoms with Gasteiger partial charge in [0.25, 0.3) is 5.91 Å². The van der Waals surface area contributed by atoms with Crippen molar-refractivity contribution in [2.75, 3.05) is 7.11 Å². The van der Waals surface area contributed by atoms with Crippen molar-refractivity contribution in [2.45, 2.75) is 12.5 Å². The van der Waals surface area contributed by atoms with Crippen LogP contribution in [0.4, 0.5) is 0 Å². The van der Waals surface area contributed by atoms with E-state index in [0.717, 1.165) is 0 Å². The number of aromatic nitrogens is 2. The number of methoxy groups -OCH3 is 1. The third kappa shape index (κ3) is 2.78. The van der Waals surface area contributed by atoms with E-state index in [4.69, 9.17) is 11.5 Å². The number of carbonyl (C=O) groups is 2. The summed E-state index contributed by atoms with van der Waals surface area (Å²) in [4.78, 5) is 28.0. The van der Waals surface area contributed by atoms with Crippen LogP contribution in [-0.4, -0.2) is 35.0 Å². The molecule has 15 heavy (non-hydrogen) atoms. The Balaban J connectivity index is 2.65. The number of rotatable bonds is 4. The first kappa shape index (κ1) is 11.2. The van der Waals surface area contributed by atoms with Crippen LogP contribution in [0.25, 0.3) is 0 Å². The minimum Gasteiger partial charge on any atom is -0.468 e. The van der Waals surface area contributed by atoms with E-state index in [2.05, 4.69) is 14.7 Å². The summed E-state index contributed by atoms with van der Waals surface area (Å²) in [6.07, 6.45) is 1.62. The van der Waals surface area contributed by atoms with Crippen LogP contribution in [-0.2, 0) is 16.0 Å². The second-order valence-electron chi connectivity index (χ2n) is 2.96. The standard InChI is InChI=1S/C8H12N4O3/c1-15-8(14)5(9)2-4-3-11-7(12-4)6(10)13/h3,5H,2,9H2,1H3,(H2,10,13)(H,11,12)/t5-/m0/s1. The Labute approximate surface area is 85.8 Å². The fourth-order valence-corrected chi connectivity index (χ4v) is 1.06. The number of imidazole rings is 1. The predicted octanol–water partition coefficient (Wildman–Crippen LogP) is -1.45. The van der Waals surface area contributed by atoms with Gasteiger partial charge in [0.15, 0.2) is 5.82 Å². The molecular weight excluding hydrogens is 200 g/mol. The van der Waals surface area contributed by atoms with Crippen molar-refractivity contribution < 1.29 is 14.3 Å². The van der Waals surface area contributed by atoms with Gasteiger partial charge in [0.2, 0.25) is 0 Å². The molecule has 0 saturated heterocycles. The second kappa shape index (κ2) is 4.56. The van der Waals surface area contributed by atoms with Gasteiger partial charge in [0, 0.05) is 18.3 Å². The van der Waals surface area contributed by atoms with Crippen molar-refractivity contribution in [3.8, 4) is 0 Å². The maximum absolute atomic E-state index is 11.0. The highest BCUT2D eigenvalue weighted by Gasteiger charge is 2.16. The predicted molar refractivity (Wildman–Crippen MR) is 50.8 cm³/mol. The monoisotopic (exact) mass is 212 g/mol. The summed E-state index contributed by atoms with van der Waals surface area (Å²) in [6, 6.07) is -0.781. The molecule has 0 radical (unpaired) electrons. The van der Waals surface area contributed by atoms with E-state index in [0.29, 0.717) is 5.69 Å². The molecule has 7 nitrogen and oxygen atoms in total.